The second kappa shape index (κ2) is 2.98. The van der Waals surface area contributed by atoms with Gasteiger partial charge in [-0.25, -0.2) is 0 Å². The number of benzene rings is 1. The molecule has 2 rings (SSSR count). The lowest BCUT2D eigenvalue weighted by molar-refractivity contribution is 0.106. The van der Waals surface area contributed by atoms with Gasteiger partial charge in [0.1, 0.15) is 5.71 Å². The number of Topliss-reactive ketones (excluding diaryl/α,β-unsaturated/α-hetero) is 1. The average molecular weight is 171 g/mol. The van der Waals surface area contributed by atoms with E-state index in [1.54, 1.807) is 13.1 Å². The Morgan fingerprint density at radius 1 is 1.15 bits per heavy atom. The van der Waals surface area contributed by atoms with Gasteiger partial charge in [-0.3, -0.25) is 9.79 Å². The number of hydrogen-bond acceptors (Lipinski definition) is 2. The van der Waals surface area contributed by atoms with Crippen molar-refractivity contribution in [1.29, 1.82) is 0 Å². The molecule has 2 nitrogen and oxygen atoms in total. The molecule has 0 radical (unpaired) electrons. The van der Waals surface area contributed by atoms with Gasteiger partial charge < -0.3 is 0 Å². The van der Waals surface area contributed by atoms with Crippen LogP contribution in [-0.4, -0.2) is 18.5 Å². The lowest BCUT2D eigenvalue weighted by Crippen LogP contribution is -2.16. The predicted octanol–water partition coefficient (Wildman–Crippen LogP) is 1.97. The van der Waals surface area contributed by atoms with Crippen molar-refractivity contribution in [3.8, 4) is 0 Å². The minimum absolute atomic E-state index is 0.0144. The van der Waals surface area contributed by atoms with Gasteiger partial charge in [0.15, 0.2) is 0 Å². The molecule has 2 heteroatoms. The van der Waals surface area contributed by atoms with Crippen LogP contribution in [0, 0.1) is 0 Å². The SMILES string of the molecule is C/N=C1\C=Cc2ccccc2C1=O. The monoisotopic (exact) mass is 171 g/mol. The number of aliphatic imine (C=N–C) groups is 1. The zero-order valence-electron chi connectivity index (χ0n) is 7.32. The van der Waals surface area contributed by atoms with E-state index in [0.29, 0.717) is 5.71 Å². The van der Waals surface area contributed by atoms with Crippen LogP contribution in [0.2, 0.25) is 0 Å². The molecule has 0 aromatic heterocycles. The highest BCUT2D eigenvalue weighted by atomic mass is 16.1. The predicted molar refractivity (Wildman–Crippen MR) is 53.2 cm³/mol. The smallest absolute Gasteiger partial charge is 0.211 e. The van der Waals surface area contributed by atoms with Crippen LogP contribution in [0.1, 0.15) is 15.9 Å². The number of hydrogen-bond donors (Lipinski definition) is 0. The van der Waals surface area contributed by atoms with Gasteiger partial charge in [0.2, 0.25) is 5.78 Å². The Bertz CT molecular complexity index is 416. The molecule has 1 aliphatic carbocycles. The Hall–Kier alpha value is -1.70. The van der Waals surface area contributed by atoms with Crippen LogP contribution in [0.25, 0.3) is 6.08 Å². The lowest BCUT2D eigenvalue weighted by atomic mass is 9.95. The van der Waals surface area contributed by atoms with Crippen molar-refractivity contribution in [2.45, 2.75) is 0 Å². The van der Waals surface area contributed by atoms with Crippen molar-refractivity contribution in [3.05, 3.63) is 41.5 Å². The topological polar surface area (TPSA) is 29.4 Å². The third-order valence-corrected chi connectivity index (χ3v) is 2.10. The maximum absolute atomic E-state index is 11.7. The van der Waals surface area contributed by atoms with Crippen LogP contribution in [-0.2, 0) is 0 Å². The minimum Gasteiger partial charge on any atom is -0.287 e. The van der Waals surface area contributed by atoms with Crippen LogP contribution in [0.5, 0.6) is 0 Å². The molecule has 0 heterocycles. The van der Waals surface area contributed by atoms with Gasteiger partial charge in [0.05, 0.1) is 0 Å². The Morgan fingerprint density at radius 2 is 1.92 bits per heavy atom. The number of nitrogens with zero attached hydrogens (tertiary/aromatic N) is 1. The number of rotatable bonds is 0. The highest BCUT2D eigenvalue weighted by Crippen LogP contribution is 2.16. The maximum Gasteiger partial charge on any atom is 0.211 e. The van der Waals surface area contributed by atoms with E-state index in [-0.39, 0.29) is 5.78 Å². The summed E-state index contributed by atoms with van der Waals surface area (Å²) in [5.74, 6) is 0.0144. The van der Waals surface area contributed by atoms with Gasteiger partial charge in [-0.1, -0.05) is 30.3 Å². The number of allylic oxidation sites excluding steroid dienone is 1. The largest absolute Gasteiger partial charge is 0.287 e. The van der Waals surface area contributed by atoms with Gasteiger partial charge in [0.25, 0.3) is 0 Å². The van der Waals surface area contributed by atoms with Crippen molar-refractivity contribution in [1.82, 2.24) is 0 Å². The first kappa shape index (κ1) is 7.92. The first-order valence-electron chi connectivity index (χ1n) is 4.11. The van der Waals surface area contributed by atoms with Gasteiger partial charge >= 0.3 is 0 Å². The molecule has 13 heavy (non-hydrogen) atoms. The molecule has 0 fully saturated rings. The van der Waals surface area contributed by atoms with Gasteiger partial charge in [-0.2, -0.15) is 0 Å². The third kappa shape index (κ3) is 1.20. The summed E-state index contributed by atoms with van der Waals surface area (Å²) in [4.78, 5) is 15.6. The zero-order valence-corrected chi connectivity index (χ0v) is 7.32. The molecule has 0 spiro atoms. The summed E-state index contributed by atoms with van der Waals surface area (Å²) in [6, 6.07) is 7.54. The fraction of sp³-hybridized carbons (Fsp3) is 0.0909. The fourth-order valence-electron chi connectivity index (χ4n) is 1.41. The quantitative estimate of drug-likeness (QED) is 0.586. The molecule has 1 aromatic carbocycles. The molecule has 0 atom stereocenters. The summed E-state index contributed by atoms with van der Waals surface area (Å²) in [6.07, 6.45) is 3.67. The molecule has 1 aromatic rings. The lowest BCUT2D eigenvalue weighted by Gasteiger charge is -2.09. The fourth-order valence-corrected chi connectivity index (χ4v) is 1.41. The summed E-state index contributed by atoms with van der Waals surface area (Å²) in [6.45, 7) is 0. The number of fused-ring (bicyclic) bond motifs is 1. The van der Waals surface area contributed by atoms with E-state index in [1.807, 2.05) is 30.3 Å². The third-order valence-electron chi connectivity index (χ3n) is 2.10. The summed E-state index contributed by atoms with van der Waals surface area (Å²) in [7, 11) is 1.63. The second-order valence-corrected chi connectivity index (χ2v) is 2.86. The van der Waals surface area contributed by atoms with Gasteiger partial charge in [-0.05, 0) is 11.6 Å². The van der Waals surface area contributed by atoms with Crippen LogP contribution in [0.15, 0.2) is 35.3 Å². The Balaban J connectivity index is 2.61. The summed E-state index contributed by atoms with van der Waals surface area (Å²) in [5, 5.41) is 0. The van der Waals surface area contributed by atoms with Gasteiger partial charge in [-0.15, -0.1) is 0 Å². The molecule has 64 valence electrons. The highest BCUT2D eigenvalue weighted by molar-refractivity contribution is 6.52. The Morgan fingerprint density at radius 3 is 2.69 bits per heavy atom. The Labute approximate surface area is 76.6 Å². The molecule has 0 N–H and O–H groups in total. The molecular weight excluding hydrogens is 162 g/mol. The first-order valence-corrected chi connectivity index (χ1v) is 4.11. The van der Waals surface area contributed by atoms with E-state index >= 15 is 0 Å². The summed E-state index contributed by atoms with van der Waals surface area (Å²) < 4.78 is 0. The molecule has 0 bridgehead atoms. The molecule has 0 saturated carbocycles. The van der Waals surface area contributed by atoms with E-state index in [0.717, 1.165) is 11.1 Å². The maximum atomic E-state index is 11.7. The standard InChI is InChI=1S/C11H9NO/c1-12-10-7-6-8-4-2-3-5-9(8)11(10)13/h2-7H,1H3/b12-10+. The van der Waals surface area contributed by atoms with E-state index < -0.39 is 0 Å². The van der Waals surface area contributed by atoms with E-state index in [2.05, 4.69) is 4.99 Å². The van der Waals surface area contributed by atoms with Gasteiger partial charge in [0, 0.05) is 12.6 Å². The number of ketones is 1. The van der Waals surface area contributed by atoms with Crippen LogP contribution >= 0.6 is 0 Å². The molecule has 0 saturated heterocycles. The van der Waals surface area contributed by atoms with Crippen LogP contribution in [0.3, 0.4) is 0 Å². The average Bonchev–Trinajstić information content (AvgIpc) is 2.19. The van der Waals surface area contributed by atoms with E-state index in [9.17, 15) is 4.79 Å². The van der Waals surface area contributed by atoms with Crippen LogP contribution in [0.4, 0.5) is 0 Å². The zero-order chi connectivity index (χ0) is 9.26. The molecule has 0 aliphatic heterocycles. The molecule has 0 amide bonds. The van der Waals surface area contributed by atoms with E-state index in [1.165, 1.54) is 0 Å². The van der Waals surface area contributed by atoms with Crippen molar-refractivity contribution in [3.63, 3.8) is 0 Å². The number of carbonyl (C=O) groups is 1. The minimum atomic E-state index is 0.0144. The van der Waals surface area contributed by atoms with Crippen molar-refractivity contribution in [2.75, 3.05) is 7.05 Å². The van der Waals surface area contributed by atoms with Crippen LogP contribution < -0.4 is 0 Å². The normalized spacial score (nSPS) is 17.6. The Kier molecular flexibility index (Phi) is 1.81. The molecular formula is C11H9NO. The van der Waals surface area contributed by atoms with E-state index in [4.69, 9.17) is 0 Å². The molecule has 0 unspecified atom stereocenters. The summed E-state index contributed by atoms with van der Waals surface area (Å²) >= 11 is 0. The van der Waals surface area contributed by atoms with Crippen molar-refractivity contribution >= 4 is 17.6 Å². The second-order valence-electron chi connectivity index (χ2n) is 2.86. The summed E-state index contributed by atoms with van der Waals surface area (Å²) in [5.41, 5.74) is 2.24. The van der Waals surface area contributed by atoms with Crippen molar-refractivity contribution in [2.24, 2.45) is 4.99 Å². The molecule has 1 aliphatic rings. The number of carbonyl (C=O) groups excluding carboxylic acids is 1. The first-order chi connectivity index (χ1) is 6.33. The highest BCUT2D eigenvalue weighted by Gasteiger charge is 2.17. The van der Waals surface area contributed by atoms with Crippen molar-refractivity contribution < 1.29 is 4.79 Å².